The molecule has 4 rings (SSSR count). The van der Waals surface area contributed by atoms with Gasteiger partial charge in [-0.3, -0.25) is 14.4 Å². The van der Waals surface area contributed by atoms with Crippen LogP contribution in [0.25, 0.3) is 0 Å². The van der Waals surface area contributed by atoms with Crippen LogP contribution in [0.3, 0.4) is 0 Å². The van der Waals surface area contributed by atoms with Crippen molar-refractivity contribution in [3.05, 3.63) is 39.8 Å². The molecule has 2 aromatic rings. The molecule has 0 saturated carbocycles. The second kappa shape index (κ2) is 7.73. The molecule has 0 spiro atoms. The number of carbonyl (C=O) groups excluding carboxylic acids is 1. The van der Waals surface area contributed by atoms with Crippen LogP contribution < -0.4 is 5.32 Å². The van der Waals surface area contributed by atoms with E-state index >= 15 is 0 Å². The molecule has 2 aliphatic heterocycles. The Kier molecular flexibility index (Phi) is 5.34. The smallest absolute Gasteiger partial charge is 0.230 e. The van der Waals surface area contributed by atoms with Gasteiger partial charge >= 0.3 is 0 Å². The lowest BCUT2D eigenvalue weighted by Crippen LogP contribution is -2.47. The molecule has 2 fully saturated rings. The summed E-state index contributed by atoms with van der Waals surface area (Å²) in [5.74, 6) is 0.457. The van der Waals surface area contributed by atoms with Crippen LogP contribution in [0.5, 0.6) is 0 Å². The van der Waals surface area contributed by atoms with Crippen molar-refractivity contribution in [1.29, 1.82) is 0 Å². The summed E-state index contributed by atoms with van der Waals surface area (Å²) < 4.78 is 7.73. The molecule has 1 amide bonds. The number of thiophene rings is 1. The van der Waals surface area contributed by atoms with Gasteiger partial charge < -0.3 is 10.1 Å². The van der Waals surface area contributed by atoms with Gasteiger partial charge in [0.25, 0.3) is 0 Å². The second-order valence-electron chi connectivity index (χ2n) is 7.93. The molecule has 4 heterocycles. The van der Waals surface area contributed by atoms with Gasteiger partial charge in [-0.25, -0.2) is 0 Å². The Balaban J connectivity index is 1.30. The summed E-state index contributed by atoms with van der Waals surface area (Å²) in [6.45, 7) is 9.47. The van der Waals surface area contributed by atoms with Crippen LogP contribution in [0.1, 0.15) is 23.4 Å². The van der Waals surface area contributed by atoms with Gasteiger partial charge in [0.05, 0.1) is 24.3 Å². The van der Waals surface area contributed by atoms with Crippen LogP contribution >= 0.6 is 11.3 Å². The van der Waals surface area contributed by atoms with Gasteiger partial charge in [-0.1, -0.05) is 0 Å². The molecule has 6 nitrogen and oxygen atoms in total. The summed E-state index contributed by atoms with van der Waals surface area (Å²) in [6, 6.07) is 4.25. The lowest BCUT2D eigenvalue weighted by atomic mass is 9.80. The molecule has 0 aliphatic carbocycles. The normalized spacial score (nSPS) is 25.0. The molecule has 27 heavy (non-hydrogen) atoms. The molecule has 1 N–H and O–H groups in total. The number of fused-ring (bicyclic) bond motifs is 1. The van der Waals surface area contributed by atoms with Gasteiger partial charge in [0.2, 0.25) is 5.91 Å². The van der Waals surface area contributed by atoms with Gasteiger partial charge in [-0.05, 0) is 48.7 Å². The average molecular weight is 389 g/mol. The third-order valence-electron chi connectivity index (χ3n) is 5.82. The Hall–Kier alpha value is -1.70. The van der Waals surface area contributed by atoms with Crippen molar-refractivity contribution in [2.45, 2.75) is 33.4 Å². The molecule has 2 aliphatic rings. The van der Waals surface area contributed by atoms with Crippen molar-refractivity contribution < 1.29 is 9.53 Å². The Labute approximate surface area is 164 Å². The fourth-order valence-corrected chi connectivity index (χ4v) is 5.09. The SMILES string of the molecule is Cc1cc(C)n(CCCNC(=O)[C@]23COC[C@H]2CN(Cc2ccsc2)C3)n1. The molecule has 146 valence electrons. The van der Waals surface area contributed by atoms with Gasteiger partial charge in [0.15, 0.2) is 0 Å². The molecule has 0 aromatic carbocycles. The Bertz CT molecular complexity index is 788. The number of ether oxygens (including phenoxy) is 1. The zero-order valence-electron chi connectivity index (χ0n) is 16.1. The molecule has 2 saturated heterocycles. The molecule has 2 aromatic heterocycles. The fourth-order valence-electron chi connectivity index (χ4n) is 4.43. The number of likely N-dealkylation sites (tertiary alicyclic amines) is 1. The summed E-state index contributed by atoms with van der Waals surface area (Å²) in [6.07, 6.45) is 0.883. The van der Waals surface area contributed by atoms with E-state index in [4.69, 9.17) is 4.74 Å². The van der Waals surface area contributed by atoms with Crippen molar-refractivity contribution in [3.8, 4) is 0 Å². The molecular formula is C20H28N4O2S. The third-order valence-corrected chi connectivity index (χ3v) is 6.55. The molecule has 2 atom stereocenters. The summed E-state index contributed by atoms with van der Waals surface area (Å²) >= 11 is 1.73. The maximum Gasteiger partial charge on any atom is 0.230 e. The van der Waals surface area contributed by atoms with Gasteiger partial charge in [-0.2, -0.15) is 16.4 Å². The van der Waals surface area contributed by atoms with Gasteiger partial charge in [-0.15, -0.1) is 0 Å². The average Bonchev–Trinajstić information content (AvgIpc) is 3.37. The van der Waals surface area contributed by atoms with E-state index in [9.17, 15) is 4.79 Å². The molecule has 7 heteroatoms. The number of aryl methyl sites for hydroxylation is 3. The minimum absolute atomic E-state index is 0.159. The van der Waals surface area contributed by atoms with E-state index in [1.165, 1.54) is 11.3 Å². The number of nitrogens with zero attached hydrogens (tertiary/aromatic N) is 3. The summed E-state index contributed by atoms with van der Waals surface area (Å²) in [4.78, 5) is 15.4. The van der Waals surface area contributed by atoms with E-state index in [0.717, 1.165) is 38.3 Å². The summed E-state index contributed by atoms with van der Waals surface area (Å²) in [7, 11) is 0. The number of rotatable bonds is 7. The second-order valence-corrected chi connectivity index (χ2v) is 8.71. The van der Waals surface area contributed by atoms with Gasteiger partial charge in [0, 0.05) is 44.3 Å². The third kappa shape index (κ3) is 3.81. The van der Waals surface area contributed by atoms with Crippen LogP contribution in [0.15, 0.2) is 22.9 Å². The van der Waals surface area contributed by atoms with E-state index in [-0.39, 0.29) is 11.3 Å². The Morgan fingerprint density at radius 3 is 3.11 bits per heavy atom. The van der Waals surface area contributed by atoms with Crippen molar-refractivity contribution in [3.63, 3.8) is 0 Å². The predicted molar refractivity (Wildman–Crippen MR) is 106 cm³/mol. The zero-order valence-corrected chi connectivity index (χ0v) is 16.9. The highest BCUT2D eigenvalue weighted by atomic mass is 32.1. The van der Waals surface area contributed by atoms with Crippen molar-refractivity contribution in [1.82, 2.24) is 20.0 Å². The van der Waals surface area contributed by atoms with E-state index in [2.05, 4.69) is 45.1 Å². The largest absolute Gasteiger partial charge is 0.380 e. The summed E-state index contributed by atoms with van der Waals surface area (Å²) in [5, 5.41) is 12.0. The number of aromatic nitrogens is 2. The molecule has 0 unspecified atom stereocenters. The minimum atomic E-state index is -0.381. The highest BCUT2D eigenvalue weighted by Crippen LogP contribution is 2.42. The zero-order chi connectivity index (χ0) is 18.9. The van der Waals surface area contributed by atoms with Crippen LogP contribution in [-0.2, 0) is 22.6 Å². The van der Waals surface area contributed by atoms with Gasteiger partial charge in [0.1, 0.15) is 0 Å². The van der Waals surface area contributed by atoms with Crippen LogP contribution in [0.2, 0.25) is 0 Å². The maximum absolute atomic E-state index is 13.0. The van der Waals surface area contributed by atoms with Crippen LogP contribution in [0, 0.1) is 25.2 Å². The van der Waals surface area contributed by atoms with E-state index in [1.807, 2.05) is 11.6 Å². The number of nitrogens with one attached hydrogen (secondary N) is 1. The van der Waals surface area contributed by atoms with Crippen LogP contribution in [0.4, 0.5) is 0 Å². The number of amides is 1. The number of hydrogen-bond acceptors (Lipinski definition) is 5. The first-order valence-electron chi connectivity index (χ1n) is 9.67. The van der Waals surface area contributed by atoms with E-state index < -0.39 is 0 Å². The highest BCUT2D eigenvalue weighted by Gasteiger charge is 2.55. The monoisotopic (exact) mass is 388 g/mol. The quantitative estimate of drug-likeness (QED) is 0.739. The molecular weight excluding hydrogens is 360 g/mol. The number of hydrogen-bond donors (Lipinski definition) is 1. The first kappa shape index (κ1) is 18.7. The lowest BCUT2D eigenvalue weighted by Gasteiger charge is -2.26. The first-order chi connectivity index (χ1) is 13.1. The standard InChI is InChI=1S/C20H28N4O2S/c1-15-8-16(2)24(22-15)6-3-5-21-19(25)20-13-23(9-17-4-7-27-12-17)10-18(20)11-26-14-20/h4,7-8,12,18H,3,5-6,9-11,13-14H2,1-2H3,(H,21,25)/t18-,20-/m1/s1. The highest BCUT2D eigenvalue weighted by molar-refractivity contribution is 7.07. The first-order valence-corrected chi connectivity index (χ1v) is 10.6. The lowest BCUT2D eigenvalue weighted by molar-refractivity contribution is -0.131. The van der Waals surface area contributed by atoms with E-state index in [1.54, 1.807) is 11.3 Å². The Morgan fingerprint density at radius 1 is 1.48 bits per heavy atom. The predicted octanol–water partition coefficient (Wildman–Crippen LogP) is 2.22. The number of carbonyl (C=O) groups is 1. The van der Waals surface area contributed by atoms with Crippen molar-refractivity contribution in [2.75, 3.05) is 32.8 Å². The minimum Gasteiger partial charge on any atom is -0.380 e. The fraction of sp³-hybridized carbons (Fsp3) is 0.600. The topological polar surface area (TPSA) is 59.4 Å². The maximum atomic E-state index is 13.0. The Morgan fingerprint density at radius 2 is 2.37 bits per heavy atom. The molecule has 0 bridgehead atoms. The summed E-state index contributed by atoms with van der Waals surface area (Å²) in [5.41, 5.74) is 3.16. The van der Waals surface area contributed by atoms with Crippen molar-refractivity contribution in [2.24, 2.45) is 11.3 Å². The molecule has 0 radical (unpaired) electrons. The van der Waals surface area contributed by atoms with E-state index in [0.29, 0.717) is 25.7 Å². The van der Waals surface area contributed by atoms with Crippen molar-refractivity contribution >= 4 is 17.2 Å². The van der Waals surface area contributed by atoms with Crippen LogP contribution in [-0.4, -0.2) is 53.4 Å².